The number of rotatable bonds is 5. The molecule has 6 nitrogen and oxygen atoms in total. The van der Waals surface area contributed by atoms with Crippen molar-refractivity contribution in [2.24, 2.45) is 4.99 Å². The Balaban J connectivity index is 1.62. The summed E-state index contributed by atoms with van der Waals surface area (Å²) < 4.78 is 0. The Labute approximate surface area is 171 Å². The number of aliphatic imine (C=N–C) groups is 1. The molecule has 7 heteroatoms. The van der Waals surface area contributed by atoms with Crippen molar-refractivity contribution in [1.82, 2.24) is 9.88 Å². The lowest BCUT2D eigenvalue weighted by atomic mass is 10.1. The van der Waals surface area contributed by atoms with E-state index in [4.69, 9.17) is 5.11 Å². The molecule has 3 aromatic rings. The van der Waals surface area contributed by atoms with Crippen molar-refractivity contribution < 1.29 is 14.7 Å². The lowest BCUT2D eigenvalue weighted by molar-refractivity contribution is -0.132. The monoisotopic (exact) mass is 405 g/mol. The molecule has 1 aliphatic rings. The van der Waals surface area contributed by atoms with Gasteiger partial charge in [0, 0.05) is 29.7 Å². The van der Waals surface area contributed by atoms with E-state index in [0.29, 0.717) is 18.1 Å². The van der Waals surface area contributed by atoms with E-state index in [2.05, 4.69) is 9.98 Å². The van der Waals surface area contributed by atoms with Crippen LogP contribution in [0.25, 0.3) is 10.9 Å². The van der Waals surface area contributed by atoms with E-state index >= 15 is 0 Å². The van der Waals surface area contributed by atoms with E-state index in [-0.39, 0.29) is 10.8 Å². The maximum Gasteiger partial charge on any atom is 0.329 e. The highest BCUT2D eigenvalue weighted by molar-refractivity contribution is 8.18. The largest absolute Gasteiger partial charge is 0.478 e. The molecule has 4 rings (SSSR count). The Morgan fingerprint density at radius 3 is 2.72 bits per heavy atom. The number of thioether (sulfide) groups is 1. The standard InChI is InChI=1S/C22H19N3O3S/c1-14-6-8-16(9-7-14)24-22-25(21(28)19(29-22)12-20(26)27)11-10-15-13-23-18-5-3-2-4-17(15)18/h2-9,12-13,23H,10-11H2,1H3,(H,26,27)/b19-12+,24-22?. The summed E-state index contributed by atoms with van der Waals surface area (Å²) in [5, 5.41) is 10.7. The highest BCUT2D eigenvalue weighted by atomic mass is 32.2. The van der Waals surface area contributed by atoms with Crippen LogP contribution in [0.2, 0.25) is 0 Å². The minimum absolute atomic E-state index is 0.169. The molecule has 2 aromatic carbocycles. The Kier molecular flexibility index (Phi) is 5.22. The predicted molar refractivity (Wildman–Crippen MR) is 115 cm³/mol. The summed E-state index contributed by atoms with van der Waals surface area (Å²) in [6, 6.07) is 15.7. The number of aromatic nitrogens is 1. The topological polar surface area (TPSA) is 85.8 Å². The summed E-state index contributed by atoms with van der Waals surface area (Å²) in [4.78, 5) is 33.5. The number of nitrogens with one attached hydrogen (secondary N) is 1. The lowest BCUT2D eigenvalue weighted by Crippen LogP contribution is -2.31. The number of benzene rings is 2. The first-order valence-electron chi connectivity index (χ1n) is 9.16. The van der Waals surface area contributed by atoms with Crippen LogP contribution in [-0.4, -0.2) is 38.6 Å². The highest BCUT2D eigenvalue weighted by Gasteiger charge is 2.33. The Bertz CT molecular complexity index is 1150. The molecule has 0 saturated carbocycles. The van der Waals surface area contributed by atoms with E-state index < -0.39 is 5.97 Å². The van der Waals surface area contributed by atoms with Gasteiger partial charge in [-0.05, 0) is 48.9 Å². The molecule has 0 aliphatic carbocycles. The molecule has 1 amide bonds. The van der Waals surface area contributed by atoms with E-state index in [1.165, 1.54) is 0 Å². The second kappa shape index (κ2) is 7.97. The number of aryl methyl sites for hydroxylation is 1. The summed E-state index contributed by atoms with van der Waals surface area (Å²) in [5.41, 5.74) is 3.99. The normalized spacial score (nSPS) is 17.0. The van der Waals surface area contributed by atoms with E-state index in [1.807, 2.05) is 61.7 Å². The van der Waals surface area contributed by atoms with Crippen LogP contribution in [0.3, 0.4) is 0 Å². The molecule has 0 unspecified atom stereocenters. The Morgan fingerprint density at radius 1 is 1.21 bits per heavy atom. The number of aliphatic carboxylic acids is 1. The molecule has 0 radical (unpaired) electrons. The Morgan fingerprint density at radius 2 is 1.97 bits per heavy atom. The number of amidine groups is 1. The number of amides is 1. The molecule has 2 N–H and O–H groups in total. The van der Waals surface area contributed by atoms with Crippen LogP contribution >= 0.6 is 11.8 Å². The number of carbonyl (C=O) groups excluding carboxylic acids is 1. The molecule has 29 heavy (non-hydrogen) atoms. The van der Waals surface area contributed by atoms with Gasteiger partial charge in [0.25, 0.3) is 5.91 Å². The predicted octanol–water partition coefficient (Wildman–Crippen LogP) is 4.25. The Hall–Kier alpha value is -3.32. The van der Waals surface area contributed by atoms with Crippen LogP contribution in [0.15, 0.2) is 70.7 Å². The molecule has 2 heterocycles. The van der Waals surface area contributed by atoms with E-state index in [0.717, 1.165) is 45.6 Å². The van der Waals surface area contributed by atoms with Gasteiger partial charge in [-0.2, -0.15) is 0 Å². The number of carboxylic acid groups (broad SMARTS) is 1. The average Bonchev–Trinajstić information content (AvgIpc) is 3.23. The van der Waals surface area contributed by atoms with Crippen molar-refractivity contribution in [3.8, 4) is 0 Å². The van der Waals surface area contributed by atoms with Gasteiger partial charge in [0.2, 0.25) is 0 Å². The molecular formula is C22H19N3O3S. The summed E-state index contributed by atoms with van der Waals surface area (Å²) in [6.45, 7) is 2.40. The fourth-order valence-corrected chi connectivity index (χ4v) is 4.19. The summed E-state index contributed by atoms with van der Waals surface area (Å²) in [7, 11) is 0. The second-order valence-corrected chi connectivity index (χ2v) is 7.75. The molecule has 1 aliphatic heterocycles. The number of hydrogen-bond acceptors (Lipinski definition) is 4. The number of carboxylic acids is 1. The van der Waals surface area contributed by atoms with Gasteiger partial charge in [-0.1, -0.05) is 35.9 Å². The third kappa shape index (κ3) is 4.09. The van der Waals surface area contributed by atoms with Crippen LogP contribution in [0.4, 0.5) is 5.69 Å². The first-order chi connectivity index (χ1) is 14.0. The number of aromatic amines is 1. The highest BCUT2D eigenvalue weighted by Crippen LogP contribution is 2.33. The minimum Gasteiger partial charge on any atom is -0.478 e. The zero-order valence-corrected chi connectivity index (χ0v) is 16.6. The fourth-order valence-electron chi connectivity index (χ4n) is 3.20. The molecule has 1 saturated heterocycles. The summed E-state index contributed by atoms with van der Waals surface area (Å²) in [6.07, 6.45) is 3.52. The summed E-state index contributed by atoms with van der Waals surface area (Å²) in [5.74, 6) is -1.47. The van der Waals surface area contributed by atoms with Gasteiger partial charge in [0.15, 0.2) is 5.17 Å². The first kappa shape index (κ1) is 19.0. The number of hydrogen-bond donors (Lipinski definition) is 2. The molecule has 1 aromatic heterocycles. The fraction of sp³-hybridized carbons (Fsp3) is 0.136. The van der Waals surface area contributed by atoms with Crippen LogP contribution < -0.4 is 0 Å². The zero-order chi connectivity index (χ0) is 20.4. The van der Waals surface area contributed by atoms with Crippen LogP contribution in [0.1, 0.15) is 11.1 Å². The molecule has 146 valence electrons. The zero-order valence-electron chi connectivity index (χ0n) is 15.8. The number of H-pyrrole nitrogens is 1. The second-order valence-electron chi connectivity index (χ2n) is 6.75. The van der Waals surface area contributed by atoms with Gasteiger partial charge < -0.3 is 10.1 Å². The quantitative estimate of drug-likeness (QED) is 0.622. The number of para-hydroxylation sites is 1. The smallest absolute Gasteiger partial charge is 0.329 e. The third-order valence-corrected chi connectivity index (χ3v) is 5.69. The van der Waals surface area contributed by atoms with Crippen LogP contribution in [-0.2, 0) is 16.0 Å². The molecule has 0 spiro atoms. The molecule has 1 fully saturated rings. The lowest BCUT2D eigenvalue weighted by Gasteiger charge is -2.15. The van der Waals surface area contributed by atoms with Gasteiger partial charge in [-0.25, -0.2) is 9.79 Å². The number of nitrogens with zero attached hydrogens (tertiary/aromatic N) is 2. The maximum atomic E-state index is 12.8. The van der Waals surface area contributed by atoms with E-state index in [1.54, 1.807) is 4.90 Å². The maximum absolute atomic E-state index is 12.8. The SMILES string of the molecule is Cc1ccc(N=C2S/C(=C/C(=O)O)C(=O)N2CCc2c[nH]c3ccccc23)cc1. The van der Waals surface area contributed by atoms with Gasteiger partial charge in [0.05, 0.1) is 10.6 Å². The number of carbonyl (C=O) groups is 2. The van der Waals surface area contributed by atoms with Crippen molar-refractivity contribution >= 4 is 45.4 Å². The van der Waals surface area contributed by atoms with Gasteiger partial charge in [-0.15, -0.1) is 0 Å². The van der Waals surface area contributed by atoms with E-state index in [9.17, 15) is 9.59 Å². The van der Waals surface area contributed by atoms with Gasteiger partial charge >= 0.3 is 5.97 Å². The van der Waals surface area contributed by atoms with Gasteiger partial charge in [0.1, 0.15) is 0 Å². The molecule has 0 atom stereocenters. The minimum atomic E-state index is -1.14. The van der Waals surface area contributed by atoms with Crippen molar-refractivity contribution in [3.63, 3.8) is 0 Å². The molecular weight excluding hydrogens is 386 g/mol. The first-order valence-corrected chi connectivity index (χ1v) is 9.97. The van der Waals surface area contributed by atoms with Crippen LogP contribution in [0, 0.1) is 6.92 Å². The van der Waals surface area contributed by atoms with Gasteiger partial charge in [-0.3, -0.25) is 9.69 Å². The van der Waals surface area contributed by atoms with Crippen molar-refractivity contribution in [2.75, 3.05) is 6.54 Å². The van der Waals surface area contributed by atoms with Crippen molar-refractivity contribution in [3.05, 3.63) is 76.8 Å². The van der Waals surface area contributed by atoms with Crippen LogP contribution in [0.5, 0.6) is 0 Å². The average molecular weight is 405 g/mol. The summed E-state index contributed by atoms with van der Waals surface area (Å²) >= 11 is 1.09. The molecule has 0 bridgehead atoms. The van der Waals surface area contributed by atoms with Crippen molar-refractivity contribution in [1.29, 1.82) is 0 Å². The number of fused-ring (bicyclic) bond motifs is 1. The third-order valence-electron chi connectivity index (χ3n) is 4.68. The van der Waals surface area contributed by atoms with Crippen molar-refractivity contribution in [2.45, 2.75) is 13.3 Å².